The van der Waals surface area contributed by atoms with Crippen LogP contribution in [0.1, 0.15) is 58.8 Å². The average Bonchev–Trinajstić information content (AvgIpc) is 2.46. The molecule has 3 heteroatoms. The number of unbranched alkanes of at least 4 members (excludes halogenated alkanes) is 2. The van der Waals surface area contributed by atoms with Gasteiger partial charge in [0.1, 0.15) is 0 Å². The highest BCUT2D eigenvalue weighted by atomic mass is 16.3. The number of nitrogens with zero attached hydrogens (tertiary/aromatic N) is 1. The molecule has 2 atom stereocenters. The van der Waals surface area contributed by atoms with E-state index in [1.54, 1.807) is 6.08 Å². The standard InChI is InChI=1S/C17H27NO2/c1-3-5-6-7-8-14-18-15(10-9-11-17(18)20)12-13-16(19)4-2/h12-13,15-16,19H,3-6,9-11,14H2,1-2H3/b13-12+/t15-,16?/m1/s1. The molecule has 1 unspecified atom stereocenters. The zero-order valence-electron chi connectivity index (χ0n) is 12.8. The third-order valence-corrected chi connectivity index (χ3v) is 3.61. The van der Waals surface area contributed by atoms with Crippen LogP contribution in [0.2, 0.25) is 0 Å². The van der Waals surface area contributed by atoms with E-state index in [0.717, 1.165) is 32.1 Å². The third kappa shape index (κ3) is 5.79. The van der Waals surface area contributed by atoms with Crippen LogP contribution >= 0.6 is 0 Å². The highest BCUT2D eigenvalue weighted by molar-refractivity contribution is 5.77. The maximum absolute atomic E-state index is 12.0. The number of amides is 1. The van der Waals surface area contributed by atoms with Gasteiger partial charge in [0, 0.05) is 12.8 Å². The van der Waals surface area contributed by atoms with Crippen LogP contribution < -0.4 is 0 Å². The second-order valence-corrected chi connectivity index (χ2v) is 5.30. The number of hydrogen-bond donors (Lipinski definition) is 1. The lowest BCUT2D eigenvalue weighted by molar-refractivity contribution is -0.134. The first-order valence-corrected chi connectivity index (χ1v) is 7.80. The van der Waals surface area contributed by atoms with Crippen molar-refractivity contribution in [2.75, 3.05) is 6.54 Å². The molecule has 1 heterocycles. The number of hydrogen-bond acceptors (Lipinski definition) is 2. The second kappa shape index (κ2) is 9.61. The molecule has 112 valence electrons. The van der Waals surface area contributed by atoms with Crippen LogP contribution in [0.5, 0.6) is 0 Å². The van der Waals surface area contributed by atoms with E-state index in [-0.39, 0.29) is 11.9 Å². The van der Waals surface area contributed by atoms with Crippen LogP contribution in [0.25, 0.3) is 0 Å². The Morgan fingerprint density at radius 3 is 2.95 bits per heavy atom. The van der Waals surface area contributed by atoms with Crippen molar-refractivity contribution in [3.8, 4) is 11.8 Å². The molecule has 1 amide bonds. The summed E-state index contributed by atoms with van der Waals surface area (Å²) in [6, 6.07) is 0.0953. The first-order chi connectivity index (χ1) is 9.69. The highest BCUT2D eigenvalue weighted by Gasteiger charge is 2.25. The molecule has 1 saturated heterocycles. The van der Waals surface area contributed by atoms with E-state index in [1.165, 1.54) is 0 Å². The highest BCUT2D eigenvalue weighted by Crippen LogP contribution is 2.19. The van der Waals surface area contributed by atoms with Crippen molar-refractivity contribution in [2.24, 2.45) is 0 Å². The van der Waals surface area contributed by atoms with Crippen molar-refractivity contribution in [3.63, 3.8) is 0 Å². The summed E-state index contributed by atoms with van der Waals surface area (Å²) in [6.45, 7) is 4.60. The van der Waals surface area contributed by atoms with Crippen LogP contribution in [0, 0.1) is 11.8 Å². The van der Waals surface area contributed by atoms with Gasteiger partial charge < -0.3 is 10.0 Å². The summed E-state index contributed by atoms with van der Waals surface area (Å²) in [5.74, 6) is 6.43. The minimum atomic E-state index is -0.412. The van der Waals surface area contributed by atoms with E-state index in [2.05, 4.69) is 18.8 Å². The first kappa shape index (κ1) is 16.8. The van der Waals surface area contributed by atoms with Gasteiger partial charge in [-0.3, -0.25) is 4.79 Å². The molecule has 0 aromatic carbocycles. The predicted molar refractivity (Wildman–Crippen MR) is 82.1 cm³/mol. The van der Waals surface area contributed by atoms with Crippen molar-refractivity contribution in [3.05, 3.63) is 12.2 Å². The summed E-state index contributed by atoms with van der Waals surface area (Å²) in [4.78, 5) is 13.8. The van der Waals surface area contributed by atoms with Gasteiger partial charge in [0.25, 0.3) is 0 Å². The van der Waals surface area contributed by atoms with Crippen molar-refractivity contribution < 1.29 is 9.90 Å². The Balaban J connectivity index is 2.58. The molecule has 0 bridgehead atoms. The molecule has 0 radical (unpaired) electrons. The minimum absolute atomic E-state index is 0.0953. The SMILES string of the molecule is CCCCC#CCN1C(=O)CCC[C@@H]1/C=C/C(O)CC. The van der Waals surface area contributed by atoms with Gasteiger partial charge in [0.2, 0.25) is 5.91 Å². The van der Waals surface area contributed by atoms with Gasteiger partial charge in [0.05, 0.1) is 18.7 Å². The van der Waals surface area contributed by atoms with Gasteiger partial charge in [-0.15, -0.1) is 5.92 Å². The molecule has 1 N–H and O–H groups in total. The van der Waals surface area contributed by atoms with Gasteiger partial charge in [-0.25, -0.2) is 0 Å². The Kier molecular flexibility index (Phi) is 8.06. The Morgan fingerprint density at radius 1 is 1.45 bits per heavy atom. The number of piperidine rings is 1. The van der Waals surface area contributed by atoms with Crippen LogP contribution in [0.3, 0.4) is 0 Å². The molecule has 1 aliphatic rings. The first-order valence-electron chi connectivity index (χ1n) is 7.80. The molecular formula is C17H27NO2. The smallest absolute Gasteiger partial charge is 0.223 e. The number of carbonyl (C=O) groups is 1. The summed E-state index contributed by atoms with van der Waals surface area (Å²) in [5, 5.41) is 9.60. The molecule has 3 nitrogen and oxygen atoms in total. The molecule has 1 fully saturated rings. The zero-order valence-corrected chi connectivity index (χ0v) is 12.8. The van der Waals surface area contributed by atoms with Gasteiger partial charge in [-0.1, -0.05) is 38.3 Å². The molecule has 1 aliphatic heterocycles. The topological polar surface area (TPSA) is 40.5 Å². The lowest BCUT2D eigenvalue weighted by Crippen LogP contribution is -2.42. The van der Waals surface area contributed by atoms with Crippen LogP contribution in [-0.2, 0) is 4.79 Å². The molecular weight excluding hydrogens is 250 g/mol. The van der Waals surface area contributed by atoms with E-state index < -0.39 is 6.10 Å². The number of rotatable bonds is 6. The quantitative estimate of drug-likeness (QED) is 0.461. The largest absolute Gasteiger partial charge is 0.389 e. The van der Waals surface area contributed by atoms with Gasteiger partial charge in [-0.05, 0) is 25.7 Å². The molecule has 20 heavy (non-hydrogen) atoms. The Labute approximate surface area is 123 Å². The van der Waals surface area contributed by atoms with Crippen molar-refractivity contribution in [1.29, 1.82) is 0 Å². The van der Waals surface area contributed by atoms with Crippen LogP contribution in [0.4, 0.5) is 0 Å². The van der Waals surface area contributed by atoms with Crippen molar-refractivity contribution in [2.45, 2.75) is 70.9 Å². The van der Waals surface area contributed by atoms with E-state index in [1.807, 2.05) is 17.9 Å². The third-order valence-electron chi connectivity index (χ3n) is 3.61. The van der Waals surface area contributed by atoms with Crippen molar-refractivity contribution >= 4 is 5.91 Å². The summed E-state index contributed by atoms with van der Waals surface area (Å²) < 4.78 is 0. The Bertz CT molecular complexity index is 378. The van der Waals surface area contributed by atoms with Crippen LogP contribution in [0.15, 0.2) is 12.2 Å². The minimum Gasteiger partial charge on any atom is -0.389 e. The Hall–Kier alpha value is -1.27. The van der Waals surface area contributed by atoms with Gasteiger partial charge in [0.15, 0.2) is 0 Å². The molecule has 0 aliphatic carbocycles. The molecule has 0 saturated carbocycles. The molecule has 1 rings (SSSR count). The molecule has 0 spiro atoms. The van der Waals surface area contributed by atoms with E-state index >= 15 is 0 Å². The summed E-state index contributed by atoms with van der Waals surface area (Å²) in [6.07, 6.45) is 9.76. The fourth-order valence-electron chi connectivity index (χ4n) is 2.24. The maximum Gasteiger partial charge on any atom is 0.223 e. The second-order valence-electron chi connectivity index (χ2n) is 5.30. The average molecular weight is 277 g/mol. The monoisotopic (exact) mass is 277 g/mol. The number of likely N-dealkylation sites (tertiary alicyclic amines) is 1. The fourth-order valence-corrected chi connectivity index (χ4v) is 2.24. The van der Waals surface area contributed by atoms with Crippen molar-refractivity contribution in [1.82, 2.24) is 4.90 Å². The van der Waals surface area contributed by atoms with Gasteiger partial charge >= 0.3 is 0 Å². The molecule has 0 aromatic rings. The lowest BCUT2D eigenvalue weighted by Gasteiger charge is -2.32. The number of carbonyl (C=O) groups excluding carboxylic acids is 1. The number of aliphatic hydroxyl groups is 1. The van der Waals surface area contributed by atoms with Gasteiger partial charge in [-0.2, -0.15) is 0 Å². The van der Waals surface area contributed by atoms with E-state index in [4.69, 9.17) is 0 Å². The number of aliphatic hydroxyl groups excluding tert-OH is 1. The summed E-state index contributed by atoms with van der Waals surface area (Å²) >= 11 is 0. The predicted octanol–water partition coefficient (Wildman–Crippen LogP) is 2.89. The molecule has 0 aromatic heterocycles. The zero-order chi connectivity index (χ0) is 14.8. The van der Waals surface area contributed by atoms with E-state index in [0.29, 0.717) is 19.4 Å². The normalized spacial score (nSPS) is 20.9. The van der Waals surface area contributed by atoms with E-state index in [9.17, 15) is 9.90 Å². The maximum atomic E-state index is 12.0. The van der Waals surface area contributed by atoms with Crippen LogP contribution in [-0.4, -0.2) is 34.6 Å². The Morgan fingerprint density at radius 2 is 2.25 bits per heavy atom. The lowest BCUT2D eigenvalue weighted by atomic mass is 10.0. The summed E-state index contributed by atoms with van der Waals surface area (Å²) in [5.41, 5.74) is 0. The fraction of sp³-hybridized carbons (Fsp3) is 0.706. The summed E-state index contributed by atoms with van der Waals surface area (Å²) in [7, 11) is 0.